The first-order valence-corrected chi connectivity index (χ1v) is 12.4. The van der Waals surface area contributed by atoms with E-state index >= 15 is 0 Å². The second kappa shape index (κ2) is 10.1. The first-order chi connectivity index (χ1) is 17.8. The summed E-state index contributed by atoms with van der Waals surface area (Å²) in [5, 5.41) is 8.41. The van der Waals surface area contributed by atoms with E-state index in [0.29, 0.717) is 58.9 Å². The van der Waals surface area contributed by atoms with Crippen LogP contribution in [0.2, 0.25) is 10.0 Å². The average Bonchev–Trinajstić information content (AvgIpc) is 3.33. The molecular weight excluding hydrogens is 520 g/mol. The minimum absolute atomic E-state index is 0.115. The number of hydrogen-bond acceptors (Lipinski definition) is 6. The van der Waals surface area contributed by atoms with Gasteiger partial charge >= 0.3 is 5.97 Å². The van der Waals surface area contributed by atoms with Crippen LogP contribution in [0.4, 0.5) is 15.9 Å². The van der Waals surface area contributed by atoms with E-state index in [1.165, 1.54) is 19.2 Å². The number of aromatic nitrogens is 2. The number of amides is 1. The molecule has 0 saturated carbocycles. The number of methoxy groups -OCH3 is 1. The maximum Gasteiger partial charge on any atom is 0.358 e. The Kier molecular flexibility index (Phi) is 6.83. The van der Waals surface area contributed by atoms with E-state index < -0.39 is 12.0 Å². The molecule has 1 amide bonds. The van der Waals surface area contributed by atoms with Crippen LogP contribution in [0.25, 0.3) is 0 Å². The van der Waals surface area contributed by atoms with Crippen molar-refractivity contribution in [2.45, 2.75) is 13.0 Å². The molecule has 2 aromatic carbocycles. The maximum atomic E-state index is 14.0. The third kappa shape index (κ3) is 4.76. The molecule has 11 heteroatoms. The van der Waals surface area contributed by atoms with Crippen LogP contribution in [0.5, 0.6) is 0 Å². The summed E-state index contributed by atoms with van der Waals surface area (Å²) in [6.45, 7) is 4.00. The minimum Gasteiger partial charge on any atom is -0.464 e. The van der Waals surface area contributed by atoms with Crippen molar-refractivity contribution in [3.63, 3.8) is 0 Å². The van der Waals surface area contributed by atoms with Crippen molar-refractivity contribution in [2.24, 2.45) is 0 Å². The van der Waals surface area contributed by atoms with Gasteiger partial charge in [0.15, 0.2) is 5.69 Å². The molecule has 1 atom stereocenters. The van der Waals surface area contributed by atoms with E-state index in [9.17, 15) is 14.0 Å². The Bertz CT molecular complexity index is 1400. The van der Waals surface area contributed by atoms with Gasteiger partial charge in [-0.3, -0.25) is 4.79 Å². The highest BCUT2D eigenvalue weighted by Gasteiger charge is 2.37. The van der Waals surface area contributed by atoms with Crippen LogP contribution >= 0.6 is 23.2 Å². The van der Waals surface area contributed by atoms with Gasteiger partial charge in [0.05, 0.1) is 22.7 Å². The number of fused-ring (bicyclic) bond motifs is 1. The molecule has 0 bridgehead atoms. The Balaban J connectivity index is 1.47. The van der Waals surface area contributed by atoms with E-state index in [-0.39, 0.29) is 17.4 Å². The summed E-state index contributed by atoms with van der Waals surface area (Å²) in [7, 11) is 1.29. The van der Waals surface area contributed by atoms with Crippen molar-refractivity contribution in [1.29, 1.82) is 0 Å². The van der Waals surface area contributed by atoms with E-state index in [4.69, 9.17) is 27.9 Å². The number of ether oxygens (including phenoxy) is 1. The number of anilines is 2. The van der Waals surface area contributed by atoms with Gasteiger partial charge in [-0.2, -0.15) is 5.10 Å². The quantitative estimate of drug-likeness (QED) is 0.478. The monoisotopic (exact) mass is 543 g/mol. The molecule has 2 aliphatic heterocycles. The molecule has 8 nitrogen and oxygen atoms in total. The zero-order valence-corrected chi connectivity index (χ0v) is 21.7. The lowest BCUT2D eigenvalue weighted by Crippen LogP contribution is -2.50. The molecule has 1 unspecified atom stereocenters. The number of carbonyl (C=O) groups is 2. The fourth-order valence-corrected chi connectivity index (χ4v) is 5.04. The largest absolute Gasteiger partial charge is 0.464 e. The molecule has 1 fully saturated rings. The Hall–Kier alpha value is -3.56. The second-order valence-electron chi connectivity index (χ2n) is 8.85. The predicted octanol–water partition coefficient (Wildman–Crippen LogP) is 4.75. The Morgan fingerprint density at radius 2 is 1.73 bits per heavy atom. The van der Waals surface area contributed by atoms with Crippen molar-refractivity contribution >= 4 is 46.6 Å². The van der Waals surface area contributed by atoms with Crippen LogP contribution in [0, 0.1) is 5.82 Å². The van der Waals surface area contributed by atoms with Crippen LogP contribution in [0.1, 0.15) is 29.0 Å². The van der Waals surface area contributed by atoms with Gasteiger partial charge in [0.25, 0.3) is 5.91 Å². The van der Waals surface area contributed by atoms with Gasteiger partial charge in [-0.05, 0) is 48.9 Å². The number of halogens is 3. The number of carbonyl (C=O) groups excluding carboxylic acids is 2. The van der Waals surface area contributed by atoms with Crippen LogP contribution in [0.15, 0.2) is 59.8 Å². The summed E-state index contributed by atoms with van der Waals surface area (Å²) >= 11 is 12.5. The Labute approximate surface area is 223 Å². The number of hydrogen-bond donors (Lipinski definition) is 1. The second-order valence-corrected chi connectivity index (χ2v) is 9.66. The van der Waals surface area contributed by atoms with Crippen LogP contribution in [-0.4, -0.2) is 59.8 Å². The molecule has 0 radical (unpaired) electrons. The minimum atomic E-state index is -0.646. The van der Waals surface area contributed by atoms with E-state index in [2.05, 4.69) is 15.3 Å². The van der Waals surface area contributed by atoms with Crippen molar-refractivity contribution in [1.82, 2.24) is 14.7 Å². The highest BCUT2D eigenvalue weighted by atomic mass is 35.5. The SMILES string of the molecule is COC(=O)c1cc2n(n1)C(c1ccc(Cl)c(Cl)c1)C(C(=O)N1CCN(c3ccc(F)cc3)CC1)=C(C)N2. The summed E-state index contributed by atoms with van der Waals surface area (Å²) in [5.41, 5.74) is 2.86. The molecule has 37 heavy (non-hydrogen) atoms. The van der Waals surface area contributed by atoms with Crippen molar-refractivity contribution in [2.75, 3.05) is 43.5 Å². The lowest BCUT2D eigenvalue weighted by molar-refractivity contribution is -0.128. The van der Waals surface area contributed by atoms with Gasteiger partial charge in [-0.25, -0.2) is 13.9 Å². The lowest BCUT2D eigenvalue weighted by atomic mass is 9.94. The number of allylic oxidation sites excluding steroid dienone is 1. The van der Waals surface area contributed by atoms with Gasteiger partial charge in [0.1, 0.15) is 17.7 Å². The summed E-state index contributed by atoms with van der Waals surface area (Å²) < 4.78 is 19.8. The van der Waals surface area contributed by atoms with Gasteiger partial charge in [-0.1, -0.05) is 29.3 Å². The summed E-state index contributed by atoms with van der Waals surface area (Å²) in [6, 6.07) is 12.4. The van der Waals surface area contributed by atoms with Crippen LogP contribution in [0.3, 0.4) is 0 Å². The van der Waals surface area contributed by atoms with E-state index in [1.807, 2.05) is 6.92 Å². The average molecular weight is 544 g/mol. The lowest BCUT2D eigenvalue weighted by Gasteiger charge is -2.38. The highest BCUT2D eigenvalue weighted by Crippen LogP contribution is 2.39. The van der Waals surface area contributed by atoms with Gasteiger partial charge in [0.2, 0.25) is 0 Å². The fourth-order valence-electron chi connectivity index (χ4n) is 4.73. The predicted molar refractivity (Wildman–Crippen MR) is 140 cm³/mol. The van der Waals surface area contributed by atoms with Crippen molar-refractivity contribution in [3.05, 3.63) is 86.9 Å². The molecular formula is C26H24Cl2FN5O3. The molecule has 1 aromatic heterocycles. The smallest absolute Gasteiger partial charge is 0.358 e. The summed E-state index contributed by atoms with van der Waals surface area (Å²) in [4.78, 5) is 30.1. The Morgan fingerprint density at radius 1 is 1.03 bits per heavy atom. The third-order valence-corrected chi connectivity index (χ3v) is 7.36. The van der Waals surface area contributed by atoms with Gasteiger partial charge in [-0.15, -0.1) is 0 Å². The number of nitrogens with one attached hydrogen (secondary N) is 1. The zero-order chi connectivity index (χ0) is 26.3. The van der Waals surface area contributed by atoms with E-state index in [1.54, 1.807) is 46.0 Å². The van der Waals surface area contributed by atoms with Gasteiger partial charge in [0, 0.05) is 43.6 Å². The standard InChI is InChI=1S/C26H24Cl2FN5O3/c1-15-23(25(35)33-11-9-32(10-12-33)18-6-4-17(29)5-7-18)24(16-3-8-19(27)20(28)13-16)34-22(30-15)14-21(31-34)26(36)37-2/h3-8,13-14,24,30H,9-12H2,1-2H3. The van der Waals surface area contributed by atoms with Gasteiger partial charge < -0.3 is 19.9 Å². The number of benzene rings is 2. The molecule has 3 heterocycles. The number of nitrogens with zero attached hydrogens (tertiary/aromatic N) is 4. The number of esters is 1. The molecule has 0 spiro atoms. The normalized spacial score (nSPS) is 17.4. The molecule has 0 aliphatic carbocycles. The molecule has 5 rings (SSSR count). The number of rotatable bonds is 4. The molecule has 192 valence electrons. The first kappa shape index (κ1) is 25.1. The van der Waals surface area contributed by atoms with E-state index in [0.717, 1.165) is 5.69 Å². The number of piperazine rings is 1. The topological polar surface area (TPSA) is 79.7 Å². The maximum absolute atomic E-state index is 14.0. The first-order valence-electron chi connectivity index (χ1n) is 11.7. The summed E-state index contributed by atoms with van der Waals surface area (Å²) in [5.74, 6) is -0.474. The van der Waals surface area contributed by atoms with Crippen LogP contribution < -0.4 is 10.2 Å². The Morgan fingerprint density at radius 3 is 2.38 bits per heavy atom. The molecule has 3 aromatic rings. The highest BCUT2D eigenvalue weighted by molar-refractivity contribution is 6.42. The third-order valence-electron chi connectivity index (χ3n) is 6.62. The molecule has 1 N–H and O–H groups in total. The molecule has 2 aliphatic rings. The van der Waals surface area contributed by atoms with Crippen LogP contribution in [-0.2, 0) is 9.53 Å². The van der Waals surface area contributed by atoms with Crippen molar-refractivity contribution in [3.8, 4) is 0 Å². The van der Waals surface area contributed by atoms with Crippen molar-refractivity contribution < 1.29 is 18.7 Å². The fraction of sp³-hybridized carbons (Fsp3) is 0.269. The molecule has 1 saturated heterocycles. The zero-order valence-electron chi connectivity index (χ0n) is 20.2. The summed E-state index contributed by atoms with van der Waals surface area (Å²) in [6.07, 6.45) is 0.